The molecular formula is C14H12F3N3S. The Morgan fingerprint density at radius 1 is 1.10 bits per heavy atom. The van der Waals surface area contributed by atoms with Crippen LogP contribution >= 0.6 is 12.2 Å². The van der Waals surface area contributed by atoms with Gasteiger partial charge in [-0.05, 0) is 48.6 Å². The van der Waals surface area contributed by atoms with Crippen molar-refractivity contribution >= 4 is 23.0 Å². The number of aromatic nitrogens is 1. The van der Waals surface area contributed by atoms with Crippen LogP contribution in [0.15, 0.2) is 48.7 Å². The van der Waals surface area contributed by atoms with Gasteiger partial charge in [0.2, 0.25) is 0 Å². The molecule has 1 heterocycles. The van der Waals surface area contributed by atoms with E-state index < -0.39 is 11.7 Å². The van der Waals surface area contributed by atoms with Crippen molar-refractivity contribution in [3.05, 3.63) is 59.9 Å². The highest BCUT2D eigenvalue weighted by Crippen LogP contribution is 2.29. The first-order valence-corrected chi connectivity index (χ1v) is 6.48. The highest BCUT2D eigenvalue weighted by Gasteiger charge is 2.29. The SMILES string of the molecule is FC(F)(F)c1ccc(NC(=S)NCc2ccccn2)cc1. The second-order valence-corrected chi connectivity index (χ2v) is 4.61. The van der Waals surface area contributed by atoms with Crippen molar-refractivity contribution in [2.45, 2.75) is 12.7 Å². The highest BCUT2D eigenvalue weighted by molar-refractivity contribution is 7.80. The van der Waals surface area contributed by atoms with Gasteiger partial charge >= 0.3 is 6.18 Å². The van der Waals surface area contributed by atoms with Crippen LogP contribution in [0.25, 0.3) is 0 Å². The summed E-state index contributed by atoms with van der Waals surface area (Å²) in [6.45, 7) is 0.438. The third-order valence-electron chi connectivity index (χ3n) is 2.63. The van der Waals surface area contributed by atoms with Gasteiger partial charge in [-0.25, -0.2) is 0 Å². The molecule has 0 amide bonds. The molecule has 3 nitrogen and oxygen atoms in total. The van der Waals surface area contributed by atoms with Crippen LogP contribution in [0, 0.1) is 0 Å². The zero-order valence-electron chi connectivity index (χ0n) is 10.8. The first-order chi connectivity index (χ1) is 9.95. The predicted molar refractivity (Wildman–Crippen MR) is 78.7 cm³/mol. The zero-order valence-corrected chi connectivity index (χ0v) is 11.6. The van der Waals surface area contributed by atoms with Gasteiger partial charge in [-0.3, -0.25) is 4.98 Å². The van der Waals surface area contributed by atoms with Crippen molar-refractivity contribution in [3.8, 4) is 0 Å². The Morgan fingerprint density at radius 2 is 1.81 bits per heavy atom. The third kappa shape index (κ3) is 4.71. The van der Waals surface area contributed by atoms with Gasteiger partial charge in [0.05, 0.1) is 17.8 Å². The van der Waals surface area contributed by atoms with Crippen molar-refractivity contribution in [2.24, 2.45) is 0 Å². The molecule has 1 aromatic heterocycles. The summed E-state index contributed by atoms with van der Waals surface area (Å²) >= 11 is 5.07. The van der Waals surface area contributed by atoms with Crippen LogP contribution in [-0.4, -0.2) is 10.1 Å². The van der Waals surface area contributed by atoms with Crippen LogP contribution in [0.2, 0.25) is 0 Å². The summed E-state index contributed by atoms with van der Waals surface area (Å²) in [4.78, 5) is 4.12. The van der Waals surface area contributed by atoms with E-state index in [1.54, 1.807) is 6.20 Å². The number of anilines is 1. The number of pyridine rings is 1. The van der Waals surface area contributed by atoms with E-state index in [1.807, 2.05) is 18.2 Å². The standard InChI is InChI=1S/C14H12F3N3S/c15-14(16,17)10-4-6-11(7-5-10)20-13(21)19-9-12-3-1-2-8-18-12/h1-8H,9H2,(H2,19,20,21). The van der Waals surface area contributed by atoms with Crippen LogP contribution in [0.5, 0.6) is 0 Å². The monoisotopic (exact) mass is 311 g/mol. The molecule has 21 heavy (non-hydrogen) atoms. The molecule has 0 spiro atoms. The number of nitrogens with one attached hydrogen (secondary N) is 2. The molecule has 0 saturated heterocycles. The molecule has 1 aromatic carbocycles. The van der Waals surface area contributed by atoms with Gasteiger partial charge in [-0.1, -0.05) is 6.07 Å². The fourth-order valence-corrected chi connectivity index (χ4v) is 1.78. The average Bonchev–Trinajstić information content (AvgIpc) is 2.46. The van der Waals surface area contributed by atoms with E-state index in [0.29, 0.717) is 17.3 Å². The fraction of sp³-hybridized carbons (Fsp3) is 0.143. The molecule has 0 saturated carbocycles. The fourth-order valence-electron chi connectivity index (χ4n) is 1.59. The molecule has 110 valence electrons. The van der Waals surface area contributed by atoms with E-state index in [0.717, 1.165) is 17.8 Å². The van der Waals surface area contributed by atoms with Crippen LogP contribution in [-0.2, 0) is 12.7 Å². The van der Waals surface area contributed by atoms with Gasteiger partial charge in [0.25, 0.3) is 0 Å². The average molecular weight is 311 g/mol. The Morgan fingerprint density at radius 3 is 2.38 bits per heavy atom. The third-order valence-corrected chi connectivity index (χ3v) is 2.87. The Balaban J connectivity index is 1.88. The molecule has 0 aliphatic heterocycles. The van der Waals surface area contributed by atoms with Gasteiger partial charge in [-0.15, -0.1) is 0 Å². The van der Waals surface area contributed by atoms with E-state index in [2.05, 4.69) is 15.6 Å². The summed E-state index contributed by atoms with van der Waals surface area (Å²) in [7, 11) is 0. The maximum atomic E-state index is 12.4. The van der Waals surface area contributed by atoms with Crippen LogP contribution in [0.1, 0.15) is 11.3 Å². The molecule has 2 aromatic rings. The number of halogens is 3. The summed E-state index contributed by atoms with van der Waals surface area (Å²) in [5.41, 5.74) is 0.607. The lowest BCUT2D eigenvalue weighted by molar-refractivity contribution is -0.137. The van der Waals surface area contributed by atoms with Gasteiger partial charge in [-0.2, -0.15) is 13.2 Å². The molecule has 0 fully saturated rings. The number of benzene rings is 1. The Bertz CT molecular complexity index is 597. The molecule has 0 bridgehead atoms. The number of hydrogen-bond donors (Lipinski definition) is 2. The molecule has 0 atom stereocenters. The predicted octanol–water partition coefficient (Wildman–Crippen LogP) is 3.59. The largest absolute Gasteiger partial charge is 0.416 e. The lowest BCUT2D eigenvalue weighted by Gasteiger charge is -2.11. The van der Waals surface area contributed by atoms with Crippen molar-refractivity contribution < 1.29 is 13.2 Å². The first-order valence-electron chi connectivity index (χ1n) is 6.07. The summed E-state index contributed by atoms with van der Waals surface area (Å²) in [6, 6.07) is 10.2. The molecular weight excluding hydrogens is 299 g/mol. The summed E-state index contributed by atoms with van der Waals surface area (Å²) in [5.74, 6) is 0. The smallest absolute Gasteiger partial charge is 0.357 e. The second kappa shape index (κ2) is 6.53. The minimum Gasteiger partial charge on any atom is -0.357 e. The summed E-state index contributed by atoms with van der Waals surface area (Å²) in [5, 5.41) is 6.06. The number of thiocarbonyl (C=S) groups is 1. The normalized spacial score (nSPS) is 11.0. The quantitative estimate of drug-likeness (QED) is 0.850. The maximum Gasteiger partial charge on any atom is 0.416 e. The molecule has 0 aliphatic rings. The summed E-state index contributed by atoms with van der Waals surface area (Å²) < 4.78 is 37.3. The Labute approximate surface area is 125 Å². The highest BCUT2D eigenvalue weighted by atomic mass is 32.1. The Hall–Kier alpha value is -2.15. The van der Waals surface area contributed by atoms with Crippen molar-refractivity contribution in [3.63, 3.8) is 0 Å². The van der Waals surface area contributed by atoms with Crippen molar-refractivity contribution in [2.75, 3.05) is 5.32 Å². The number of rotatable bonds is 3. The first kappa shape index (κ1) is 15.2. The van der Waals surface area contributed by atoms with Gasteiger partial charge < -0.3 is 10.6 Å². The van der Waals surface area contributed by atoms with Crippen LogP contribution in [0.4, 0.5) is 18.9 Å². The second-order valence-electron chi connectivity index (χ2n) is 4.20. The van der Waals surface area contributed by atoms with Crippen molar-refractivity contribution in [1.82, 2.24) is 10.3 Å². The van der Waals surface area contributed by atoms with Gasteiger partial charge in [0.15, 0.2) is 5.11 Å². The van der Waals surface area contributed by atoms with E-state index in [1.165, 1.54) is 12.1 Å². The molecule has 2 N–H and O–H groups in total. The lowest BCUT2D eigenvalue weighted by atomic mass is 10.2. The zero-order chi connectivity index (χ0) is 15.3. The molecule has 0 unspecified atom stereocenters. The lowest BCUT2D eigenvalue weighted by Crippen LogP contribution is -2.28. The Kier molecular flexibility index (Phi) is 4.74. The number of nitrogens with zero attached hydrogens (tertiary/aromatic N) is 1. The molecule has 7 heteroatoms. The van der Waals surface area contributed by atoms with E-state index >= 15 is 0 Å². The summed E-state index contributed by atoms with van der Waals surface area (Å²) in [6.07, 6.45) is -2.67. The van der Waals surface area contributed by atoms with Crippen LogP contribution in [0.3, 0.4) is 0 Å². The van der Waals surface area contributed by atoms with E-state index in [4.69, 9.17) is 12.2 Å². The van der Waals surface area contributed by atoms with E-state index in [9.17, 15) is 13.2 Å². The van der Waals surface area contributed by atoms with Crippen molar-refractivity contribution in [1.29, 1.82) is 0 Å². The number of hydrogen-bond acceptors (Lipinski definition) is 2. The maximum absolute atomic E-state index is 12.4. The number of alkyl halides is 3. The van der Waals surface area contributed by atoms with Gasteiger partial charge in [0, 0.05) is 11.9 Å². The minimum absolute atomic E-state index is 0.320. The topological polar surface area (TPSA) is 37.0 Å². The van der Waals surface area contributed by atoms with Crippen LogP contribution < -0.4 is 10.6 Å². The molecule has 2 rings (SSSR count). The molecule has 0 aliphatic carbocycles. The minimum atomic E-state index is -4.34. The van der Waals surface area contributed by atoms with Gasteiger partial charge in [0.1, 0.15) is 0 Å². The molecule has 0 radical (unpaired) electrons. The van der Waals surface area contributed by atoms with E-state index in [-0.39, 0.29) is 0 Å².